The average Bonchev–Trinajstić information content (AvgIpc) is 3.20. The van der Waals surface area contributed by atoms with E-state index >= 15 is 0 Å². The highest BCUT2D eigenvalue weighted by atomic mass is 16.6. The zero-order valence-electron chi connectivity index (χ0n) is 26.6. The maximum absolute atomic E-state index is 14.0. The van der Waals surface area contributed by atoms with E-state index in [0.29, 0.717) is 5.56 Å². The molecule has 14 heteroatoms. The van der Waals surface area contributed by atoms with Gasteiger partial charge in [0.15, 0.2) is 34.9 Å². The lowest BCUT2D eigenvalue weighted by molar-refractivity contribution is -0.0188. The highest BCUT2D eigenvalue weighted by molar-refractivity contribution is 5.99. The van der Waals surface area contributed by atoms with E-state index in [0.717, 1.165) is 24.3 Å². The molecule has 0 fully saturated rings. The summed E-state index contributed by atoms with van der Waals surface area (Å²) in [6.07, 6.45) is -3.28. The number of aromatic hydroxyl groups is 9. The van der Waals surface area contributed by atoms with E-state index in [-0.39, 0.29) is 75.0 Å². The first-order chi connectivity index (χ1) is 24.2. The Kier molecular flexibility index (Phi) is 7.73. The lowest BCUT2D eigenvalue weighted by Crippen LogP contribution is -2.34. The molecule has 0 bridgehead atoms. The molecule has 0 aliphatic carbocycles. The maximum Gasteiger partial charge on any atom is 0.338 e. The van der Waals surface area contributed by atoms with E-state index in [9.17, 15) is 55.5 Å². The lowest BCUT2D eigenvalue weighted by atomic mass is 9.86. The van der Waals surface area contributed by atoms with Gasteiger partial charge in [0.05, 0.1) is 10.9 Å². The molecule has 0 spiro atoms. The van der Waals surface area contributed by atoms with Crippen molar-refractivity contribution in [2.45, 2.75) is 38.1 Å². The molecular weight excluding hydrogens is 668 g/mol. The minimum absolute atomic E-state index is 0.0628. The summed E-state index contributed by atoms with van der Waals surface area (Å²) in [7, 11) is 0. The second-order valence-electron chi connectivity index (χ2n) is 12.6. The van der Waals surface area contributed by atoms with Crippen LogP contribution in [0.2, 0.25) is 0 Å². The van der Waals surface area contributed by atoms with E-state index < -0.39 is 69.8 Å². The monoisotopic (exact) mass is 698 g/mol. The largest absolute Gasteiger partial charge is 0.508 e. The highest BCUT2D eigenvalue weighted by Crippen LogP contribution is 2.48. The van der Waals surface area contributed by atoms with Gasteiger partial charge in [-0.3, -0.25) is 4.79 Å². The summed E-state index contributed by atoms with van der Waals surface area (Å²) in [5, 5.41) is 92.9. The zero-order chi connectivity index (χ0) is 36.5. The molecule has 4 unspecified atom stereocenters. The smallest absolute Gasteiger partial charge is 0.338 e. The van der Waals surface area contributed by atoms with Crippen molar-refractivity contribution in [1.82, 2.24) is 0 Å². The van der Waals surface area contributed by atoms with Gasteiger partial charge in [-0.05, 0) is 42.1 Å². The van der Waals surface area contributed by atoms with E-state index in [1.165, 1.54) is 36.4 Å². The Labute approximate surface area is 287 Å². The van der Waals surface area contributed by atoms with Crippen LogP contribution in [-0.4, -0.2) is 58.0 Å². The van der Waals surface area contributed by atoms with Crippen molar-refractivity contribution in [3.05, 3.63) is 98.7 Å². The second kappa shape index (κ2) is 12.0. The molecule has 0 aromatic heterocycles. The summed E-state index contributed by atoms with van der Waals surface area (Å²) in [4.78, 5) is 27.4. The van der Waals surface area contributed by atoms with Gasteiger partial charge in [0.1, 0.15) is 46.7 Å². The van der Waals surface area contributed by atoms with Gasteiger partial charge in [-0.1, -0.05) is 13.0 Å². The number of benzene rings is 4. The fourth-order valence-electron chi connectivity index (χ4n) is 6.71. The van der Waals surface area contributed by atoms with E-state index in [4.69, 9.17) is 14.2 Å². The van der Waals surface area contributed by atoms with Crippen molar-refractivity contribution < 1.29 is 65.0 Å². The third kappa shape index (κ3) is 5.65. The van der Waals surface area contributed by atoms with E-state index in [1.54, 1.807) is 6.92 Å². The van der Waals surface area contributed by atoms with Gasteiger partial charge in [-0.25, -0.2) is 4.79 Å². The first kappa shape index (κ1) is 32.8. The van der Waals surface area contributed by atoms with Crippen LogP contribution in [0, 0.1) is 5.92 Å². The number of carbonyl (C=O) groups excluding carboxylic acids is 1. The summed E-state index contributed by atoms with van der Waals surface area (Å²) in [5.74, 6) is -5.95. The number of ether oxygens (including phenoxy) is 3. The molecule has 14 nitrogen and oxygen atoms in total. The molecule has 5 aromatic rings. The number of hydrogen-bond donors (Lipinski definition) is 9. The molecule has 4 atom stereocenters. The van der Waals surface area contributed by atoms with Gasteiger partial charge in [-0.15, -0.1) is 0 Å². The molecule has 51 heavy (non-hydrogen) atoms. The minimum atomic E-state index is -1.23. The fraction of sp³-hybridized carbons (Fsp3) is 0.189. The number of phenols is 8. The molecule has 2 aliphatic heterocycles. The molecule has 5 aromatic carbocycles. The predicted octanol–water partition coefficient (Wildman–Crippen LogP) is 4.76. The van der Waals surface area contributed by atoms with Crippen LogP contribution in [0.1, 0.15) is 51.7 Å². The second-order valence-corrected chi connectivity index (χ2v) is 12.6. The van der Waals surface area contributed by atoms with E-state index in [2.05, 4.69) is 0 Å². The van der Waals surface area contributed by atoms with Gasteiger partial charge in [0, 0.05) is 58.9 Å². The average molecular weight is 699 g/mol. The van der Waals surface area contributed by atoms with Crippen molar-refractivity contribution in [2.75, 3.05) is 0 Å². The number of esters is 1. The molecule has 7 rings (SSSR count). The first-order valence-electron chi connectivity index (χ1n) is 15.6. The standard InChI is InChI=1S/C37H30O14/c1-14-4-21-24(41)8-17(38)10-29(21)49-35(14)20-12-28(45)34(47)32-19(20)5-16(7-27(44)33(32)46)37(48)51-31-13-22-25(42)9-18(39)11-30(22)50-36(31)15-2-3-23(40)26(43)6-15/h2-3,5-12,14,31,35-36,38-43,45,47H,4,13H2,1H3,(H,44,46). The van der Waals surface area contributed by atoms with Crippen LogP contribution in [0.15, 0.2) is 65.5 Å². The van der Waals surface area contributed by atoms with Gasteiger partial charge in [0.2, 0.25) is 5.43 Å². The number of hydrogen-bond acceptors (Lipinski definition) is 14. The SMILES string of the molecule is CC1Cc2c(O)cc(O)cc2OC1c1cc(O)c(O)c2c(=O)c(O)cc(C(=O)OC3Cc4c(O)cc(O)cc4OC3c3ccc(O)c(O)c3)cc12. The van der Waals surface area contributed by atoms with Crippen molar-refractivity contribution in [3.63, 3.8) is 0 Å². The molecule has 0 amide bonds. The van der Waals surface area contributed by atoms with Crippen LogP contribution in [0.3, 0.4) is 0 Å². The summed E-state index contributed by atoms with van der Waals surface area (Å²) < 4.78 is 18.1. The summed E-state index contributed by atoms with van der Waals surface area (Å²) in [6.45, 7) is 1.76. The molecule has 9 N–H and O–H groups in total. The zero-order valence-corrected chi connectivity index (χ0v) is 26.6. The summed E-state index contributed by atoms with van der Waals surface area (Å²) in [6, 6.07) is 11.7. The molecule has 262 valence electrons. The first-order valence-corrected chi connectivity index (χ1v) is 15.6. The van der Waals surface area contributed by atoms with Crippen LogP contribution in [0.25, 0.3) is 10.8 Å². The highest BCUT2D eigenvalue weighted by Gasteiger charge is 2.38. The van der Waals surface area contributed by atoms with Gasteiger partial charge in [-0.2, -0.15) is 0 Å². The predicted molar refractivity (Wildman–Crippen MR) is 177 cm³/mol. The van der Waals surface area contributed by atoms with Crippen molar-refractivity contribution in [3.8, 4) is 63.2 Å². The topological polar surface area (TPSA) is 244 Å². The number of phenolic OH excluding ortho intramolecular Hbond substituents is 8. The molecule has 0 radical (unpaired) electrons. The Balaban J connectivity index is 1.34. The molecule has 0 saturated carbocycles. The van der Waals surface area contributed by atoms with Crippen molar-refractivity contribution >= 4 is 16.7 Å². The lowest BCUT2D eigenvalue weighted by Gasteiger charge is -2.34. The third-order valence-electron chi connectivity index (χ3n) is 9.17. The van der Waals surface area contributed by atoms with Crippen LogP contribution in [0.5, 0.6) is 63.2 Å². The normalized spacial score (nSPS) is 19.3. The minimum Gasteiger partial charge on any atom is -0.508 e. The molecule has 0 saturated heterocycles. The summed E-state index contributed by atoms with van der Waals surface area (Å²) >= 11 is 0. The number of carbonyl (C=O) groups is 1. The Hall–Kier alpha value is -6.70. The fourth-order valence-corrected chi connectivity index (χ4v) is 6.71. The third-order valence-corrected chi connectivity index (χ3v) is 9.17. The van der Waals surface area contributed by atoms with Crippen LogP contribution < -0.4 is 14.9 Å². The Bertz CT molecular complexity index is 2340. The van der Waals surface area contributed by atoms with Crippen LogP contribution in [-0.2, 0) is 17.6 Å². The van der Waals surface area contributed by atoms with Crippen LogP contribution >= 0.6 is 0 Å². The molecular formula is C37H30O14. The quantitative estimate of drug-likeness (QED) is 0.0908. The Morgan fingerprint density at radius 3 is 1.94 bits per heavy atom. The molecule has 2 aliphatic rings. The van der Waals surface area contributed by atoms with Crippen molar-refractivity contribution in [1.29, 1.82) is 0 Å². The maximum atomic E-state index is 14.0. The van der Waals surface area contributed by atoms with Gasteiger partial charge in [0.25, 0.3) is 0 Å². The summed E-state index contributed by atoms with van der Waals surface area (Å²) in [5.41, 5.74) is -0.543. The van der Waals surface area contributed by atoms with Gasteiger partial charge < -0.3 is 60.2 Å². The Morgan fingerprint density at radius 1 is 0.667 bits per heavy atom. The van der Waals surface area contributed by atoms with Gasteiger partial charge >= 0.3 is 5.97 Å². The van der Waals surface area contributed by atoms with Crippen molar-refractivity contribution in [2.24, 2.45) is 5.92 Å². The van der Waals surface area contributed by atoms with E-state index in [1.807, 2.05) is 0 Å². The molecule has 2 heterocycles. The number of fused-ring (bicyclic) bond motifs is 3. The number of rotatable bonds is 4. The Morgan fingerprint density at radius 2 is 1.29 bits per heavy atom. The van der Waals surface area contributed by atoms with Crippen LogP contribution in [0.4, 0.5) is 0 Å².